The number of hydrogen-bond acceptors (Lipinski definition) is 3. The normalized spacial score (nSPS) is 20.2. The van der Waals surface area contributed by atoms with Crippen molar-refractivity contribution in [3.63, 3.8) is 0 Å². The summed E-state index contributed by atoms with van der Waals surface area (Å²) in [5.74, 6) is 1.77. The SMILES string of the molecule is CCC(C)CN1CCC(c2ccc(N(CC)CC)cc2)C(COc2ccc(C(F)(F)F)cc2)C1. The van der Waals surface area contributed by atoms with Gasteiger partial charge in [0.25, 0.3) is 0 Å². The van der Waals surface area contributed by atoms with Gasteiger partial charge in [0.15, 0.2) is 0 Å². The van der Waals surface area contributed by atoms with Gasteiger partial charge in [0, 0.05) is 37.8 Å². The molecule has 0 radical (unpaired) electrons. The maximum absolute atomic E-state index is 12.9. The van der Waals surface area contributed by atoms with E-state index in [1.54, 1.807) is 0 Å². The Morgan fingerprint density at radius 2 is 1.65 bits per heavy atom. The van der Waals surface area contributed by atoms with Crippen LogP contribution in [0, 0.1) is 11.8 Å². The maximum atomic E-state index is 12.9. The van der Waals surface area contributed by atoms with Crippen LogP contribution in [0.1, 0.15) is 57.6 Å². The highest BCUT2D eigenvalue weighted by Crippen LogP contribution is 2.35. The molecule has 3 unspecified atom stereocenters. The molecule has 0 N–H and O–H groups in total. The van der Waals surface area contributed by atoms with Crippen LogP contribution in [-0.4, -0.2) is 44.2 Å². The predicted molar refractivity (Wildman–Crippen MR) is 134 cm³/mol. The molecule has 188 valence electrons. The molecule has 0 aliphatic carbocycles. The van der Waals surface area contributed by atoms with E-state index in [2.05, 4.69) is 61.8 Å². The van der Waals surface area contributed by atoms with Gasteiger partial charge >= 0.3 is 6.18 Å². The number of alkyl halides is 3. The molecule has 3 nitrogen and oxygen atoms in total. The summed E-state index contributed by atoms with van der Waals surface area (Å²) < 4.78 is 44.7. The van der Waals surface area contributed by atoms with Crippen LogP contribution in [0.4, 0.5) is 18.9 Å². The van der Waals surface area contributed by atoms with Gasteiger partial charge in [0.05, 0.1) is 12.2 Å². The second-order valence-corrected chi connectivity index (χ2v) is 9.53. The second kappa shape index (κ2) is 12.0. The van der Waals surface area contributed by atoms with Gasteiger partial charge < -0.3 is 14.5 Å². The molecular weight excluding hydrogens is 437 g/mol. The summed E-state index contributed by atoms with van der Waals surface area (Å²) in [6.45, 7) is 14.4. The van der Waals surface area contributed by atoms with E-state index >= 15 is 0 Å². The highest BCUT2D eigenvalue weighted by molar-refractivity contribution is 5.48. The minimum Gasteiger partial charge on any atom is -0.493 e. The molecule has 1 fully saturated rings. The Labute approximate surface area is 202 Å². The molecule has 0 aromatic heterocycles. The largest absolute Gasteiger partial charge is 0.493 e. The standard InChI is InChI=1S/C28H39F3N2O/c1-5-21(4)18-32-17-16-27(22-8-12-25(13-9-22)33(6-2)7-3)23(19-32)20-34-26-14-10-24(11-15-26)28(29,30)31/h8-15,21,23,27H,5-7,16-20H2,1-4H3. The van der Waals surface area contributed by atoms with Crippen molar-refractivity contribution < 1.29 is 17.9 Å². The Hall–Kier alpha value is -2.21. The van der Waals surface area contributed by atoms with Crippen molar-refractivity contribution in [2.24, 2.45) is 11.8 Å². The average molecular weight is 477 g/mol. The Morgan fingerprint density at radius 3 is 2.21 bits per heavy atom. The Kier molecular flexibility index (Phi) is 9.29. The molecule has 3 rings (SSSR count). The van der Waals surface area contributed by atoms with Crippen LogP contribution in [0.3, 0.4) is 0 Å². The fourth-order valence-corrected chi connectivity index (χ4v) is 4.92. The van der Waals surface area contributed by atoms with Crippen LogP contribution in [0.5, 0.6) is 5.75 Å². The lowest BCUT2D eigenvalue weighted by molar-refractivity contribution is -0.137. The molecule has 0 spiro atoms. The van der Waals surface area contributed by atoms with Crippen LogP contribution < -0.4 is 9.64 Å². The smallest absolute Gasteiger partial charge is 0.416 e. The highest BCUT2D eigenvalue weighted by atomic mass is 19.4. The summed E-state index contributed by atoms with van der Waals surface area (Å²) in [4.78, 5) is 4.86. The van der Waals surface area contributed by atoms with Gasteiger partial charge in [-0.2, -0.15) is 13.2 Å². The first-order valence-corrected chi connectivity index (χ1v) is 12.6. The molecule has 0 amide bonds. The zero-order valence-corrected chi connectivity index (χ0v) is 20.9. The molecular formula is C28H39F3N2O. The van der Waals surface area contributed by atoms with Crippen molar-refractivity contribution in [1.82, 2.24) is 4.90 Å². The number of anilines is 1. The van der Waals surface area contributed by atoms with Gasteiger partial charge in [-0.1, -0.05) is 32.4 Å². The third kappa shape index (κ3) is 6.91. The third-order valence-corrected chi connectivity index (χ3v) is 7.18. The second-order valence-electron chi connectivity index (χ2n) is 9.53. The number of benzene rings is 2. The van der Waals surface area contributed by atoms with Crippen molar-refractivity contribution in [2.45, 2.75) is 52.6 Å². The van der Waals surface area contributed by atoms with Gasteiger partial charge in [-0.25, -0.2) is 0 Å². The Balaban J connectivity index is 1.73. The van der Waals surface area contributed by atoms with Crippen LogP contribution in [0.25, 0.3) is 0 Å². The molecule has 1 heterocycles. The van der Waals surface area contributed by atoms with Crippen molar-refractivity contribution >= 4 is 5.69 Å². The van der Waals surface area contributed by atoms with E-state index in [4.69, 9.17) is 4.74 Å². The fraction of sp³-hybridized carbons (Fsp3) is 0.571. The molecule has 2 aromatic carbocycles. The molecule has 3 atom stereocenters. The van der Waals surface area contributed by atoms with Crippen LogP contribution in [0.15, 0.2) is 48.5 Å². The molecule has 1 saturated heterocycles. The molecule has 0 bridgehead atoms. The number of halogens is 3. The summed E-state index contributed by atoms with van der Waals surface area (Å²) in [5, 5.41) is 0. The first-order chi connectivity index (χ1) is 16.2. The van der Waals surface area contributed by atoms with Crippen LogP contribution in [0.2, 0.25) is 0 Å². The van der Waals surface area contributed by atoms with Gasteiger partial charge in [0.2, 0.25) is 0 Å². The molecule has 1 aliphatic rings. The number of rotatable bonds is 10. The van der Waals surface area contributed by atoms with E-state index in [-0.39, 0.29) is 5.92 Å². The topological polar surface area (TPSA) is 15.7 Å². The van der Waals surface area contributed by atoms with Crippen molar-refractivity contribution in [2.75, 3.05) is 44.2 Å². The first kappa shape index (κ1) is 26.4. The predicted octanol–water partition coefficient (Wildman–Crippen LogP) is 7.08. The quantitative estimate of drug-likeness (QED) is 0.364. The van der Waals surface area contributed by atoms with E-state index < -0.39 is 11.7 Å². The minimum absolute atomic E-state index is 0.277. The molecule has 2 aromatic rings. The average Bonchev–Trinajstić information content (AvgIpc) is 2.84. The number of nitrogens with zero attached hydrogens (tertiary/aromatic N) is 2. The van der Waals surface area contributed by atoms with Crippen LogP contribution >= 0.6 is 0 Å². The molecule has 34 heavy (non-hydrogen) atoms. The van der Waals surface area contributed by atoms with Crippen molar-refractivity contribution in [1.29, 1.82) is 0 Å². The molecule has 6 heteroatoms. The fourth-order valence-electron chi connectivity index (χ4n) is 4.92. The number of piperidine rings is 1. The molecule has 0 saturated carbocycles. The lowest BCUT2D eigenvalue weighted by Crippen LogP contribution is -2.43. The first-order valence-electron chi connectivity index (χ1n) is 12.6. The zero-order chi connectivity index (χ0) is 24.7. The lowest BCUT2D eigenvalue weighted by atomic mass is 9.80. The highest BCUT2D eigenvalue weighted by Gasteiger charge is 2.32. The van der Waals surface area contributed by atoms with Crippen LogP contribution in [-0.2, 0) is 6.18 Å². The number of ether oxygens (including phenoxy) is 1. The van der Waals surface area contributed by atoms with Gasteiger partial charge in [-0.05, 0) is 80.6 Å². The van der Waals surface area contributed by atoms with Gasteiger partial charge in [0.1, 0.15) is 5.75 Å². The van der Waals surface area contributed by atoms with E-state index in [0.29, 0.717) is 24.2 Å². The molecule has 1 aliphatic heterocycles. The summed E-state index contributed by atoms with van der Waals surface area (Å²) in [6, 6.07) is 13.9. The van der Waals surface area contributed by atoms with E-state index in [1.165, 1.54) is 23.4 Å². The summed E-state index contributed by atoms with van der Waals surface area (Å²) in [7, 11) is 0. The zero-order valence-electron chi connectivity index (χ0n) is 20.9. The lowest BCUT2D eigenvalue weighted by Gasteiger charge is -2.40. The van der Waals surface area contributed by atoms with Crippen molar-refractivity contribution in [3.8, 4) is 5.75 Å². The Bertz CT molecular complexity index is 863. The number of hydrogen-bond donors (Lipinski definition) is 0. The third-order valence-electron chi connectivity index (χ3n) is 7.18. The van der Waals surface area contributed by atoms with Gasteiger partial charge in [-0.3, -0.25) is 0 Å². The van der Waals surface area contributed by atoms with E-state index in [0.717, 1.165) is 57.7 Å². The summed E-state index contributed by atoms with van der Waals surface area (Å²) >= 11 is 0. The van der Waals surface area contributed by atoms with Gasteiger partial charge in [-0.15, -0.1) is 0 Å². The minimum atomic E-state index is -4.33. The monoisotopic (exact) mass is 476 g/mol. The summed E-state index contributed by atoms with van der Waals surface area (Å²) in [6.07, 6.45) is -2.12. The van der Waals surface area contributed by atoms with E-state index in [9.17, 15) is 13.2 Å². The van der Waals surface area contributed by atoms with E-state index in [1.807, 2.05) is 0 Å². The summed E-state index contributed by atoms with van der Waals surface area (Å²) in [5.41, 5.74) is 1.91. The Morgan fingerprint density at radius 1 is 1.00 bits per heavy atom. The van der Waals surface area contributed by atoms with Crippen molar-refractivity contribution in [3.05, 3.63) is 59.7 Å². The maximum Gasteiger partial charge on any atom is 0.416 e. The number of likely N-dealkylation sites (tertiary alicyclic amines) is 1.